The van der Waals surface area contributed by atoms with Gasteiger partial charge in [0.05, 0.1) is 11.3 Å². The number of aromatic nitrogens is 2. The van der Waals surface area contributed by atoms with E-state index in [1.54, 1.807) is 17.5 Å². The molecule has 4 heteroatoms. The fourth-order valence-electron chi connectivity index (χ4n) is 2.99. The van der Waals surface area contributed by atoms with Crippen LogP contribution in [0.4, 0.5) is 0 Å². The van der Waals surface area contributed by atoms with Gasteiger partial charge in [-0.05, 0) is 43.7 Å². The Labute approximate surface area is 130 Å². The van der Waals surface area contributed by atoms with Crippen LogP contribution in [0.15, 0.2) is 18.5 Å². The molecule has 2 aromatic heterocycles. The molecule has 0 bridgehead atoms. The van der Waals surface area contributed by atoms with Crippen LogP contribution in [0.5, 0.6) is 0 Å². The summed E-state index contributed by atoms with van der Waals surface area (Å²) in [5, 5.41) is 0. The molecule has 0 fully saturated rings. The van der Waals surface area contributed by atoms with E-state index in [-0.39, 0.29) is 5.78 Å². The van der Waals surface area contributed by atoms with Crippen LogP contribution in [0, 0.1) is 0 Å². The van der Waals surface area contributed by atoms with E-state index in [0.717, 1.165) is 36.5 Å². The van der Waals surface area contributed by atoms with Crippen molar-refractivity contribution in [2.45, 2.75) is 58.4 Å². The van der Waals surface area contributed by atoms with E-state index in [1.807, 2.05) is 6.20 Å². The summed E-state index contributed by atoms with van der Waals surface area (Å²) in [6.45, 7) is 3.07. The van der Waals surface area contributed by atoms with E-state index in [0.29, 0.717) is 6.42 Å². The highest BCUT2D eigenvalue weighted by Gasteiger charge is 2.18. The number of hydrogen-bond acceptors (Lipinski definition) is 3. The molecule has 0 aliphatic heterocycles. The number of rotatable bonds is 5. The van der Waals surface area contributed by atoms with Gasteiger partial charge in [-0.15, -0.1) is 11.3 Å². The van der Waals surface area contributed by atoms with Crippen molar-refractivity contribution < 1.29 is 4.79 Å². The Morgan fingerprint density at radius 2 is 2.19 bits per heavy atom. The average molecular weight is 302 g/mol. The van der Waals surface area contributed by atoms with Gasteiger partial charge in [-0.2, -0.15) is 0 Å². The molecule has 2 aromatic rings. The standard InChI is InChI=1S/C17H22N2OS/c1-2-9-19-10-8-18-17(19)12-14(20)16-11-13-6-4-3-5-7-15(13)21-16/h8,10-11H,2-7,9,12H2,1H3. The lowest BCUT2D eigenvalue weighted by molar-refractivity contribution is 0.0993. The highest BCUT2D eigenvalue weighted by molar-refractivity contribution is 7.14. The van der Waals surface area contributed by atoms with Gasteiger partial charge in [0.1, 0.15) is 5.82 Å². The summed E-state index contributed by atoms with van der Waals surface area (Å²) < 4.78 is 2.09. The van der Waals surface area contributed by atoms with E-state index in [1.165, 1.54) is 29.7 Å². The summed E-state index contributed by atoms with van der Waals surface area (Å²) in [7, 11) is 0. The number of nitrogens with zero attached hydrogens (tertiary/aromatic N) is 2. The fourth-order valence-corrected chi connectivity index (χ4v) is 4.18. The maximum atomic E-state index is 12.5. The first-order chi connectivity index (χ1) is 10.3. The van der Waals surface area contributed by atoms with Crippen LogP contribution < -0.4 is 0 Å². The Kier molecular flexibility index (Phi) is 4.54. The SMILES string of the molecule is CCCn1ccnc1CC(=O)c1cc2c(s1)CCCCC2. The number of hydrogen-bond donors (Lipinski definition) is 0. The quantitative estimate of drug-likeness (QED) is 0.617. The van der Waals surface area contributed by atoms with Crippen LogP contribution in [-0.2, 0) is 25.8 Å². The molecule has 1 aliphatic rings. The van der Waals surface area contributed by atoms with Gasteiger partial charge < -0.3 is 4.57 Å². The van der Waals surface area contributed by atoms with Crippen LogP contribution in [0.3, 0.4) is 0 Å². The number of carbonyl (C=O) groups excluding carboxylic acids is 1. The lowest BCUT2D eigenvalue weighted by atomic mass is 10.1. The van der Waals surface area contributed by atoms with Gasteiger partial charge in [0.15, 0.2) is 5.78 Å². The van der Waals surface area contributed by atoms with E-state index in [4.69, 9.17) is 0 Å². The van der Waals surface area contributed by atoms with Crippen molar-refractivity contribution in [3.05, 3.63) is 39.6 Å². The first kappa shape index (κ1) is 14.5. The predicted molar refractivity (Wildman–Crippen MR) is 86.1 cm³/mol. The minimum absolute atomic E-state index is 0.219. The minimum atomic E-state index is 0.219. The molecular formula is C17H22N2OS. The molecule has 0 saturated heterocycles. The molecule has 0 unspecified atom stereocenters. The van der Waals surface area contributed by atoms with Gasteiger partial charge in [-0.1, -0.05) is 13.3 Å². The van der Waals surface area contributed by atoms with Gasteiger partial charge in [-0.3, -0.25) is 4.79 Å². The molecule has 1 aliphatic carbocycles. The molecular weight excluding hydrogens is 280 g/mol. The van der Waals surface area contributed by atoms with Crippen molar-refractivity contribution in [2.75, 3.05) is 0 Å². The lowest BCUT2D eigenvalue weighted by Crippen LogP contribution is -2.09. The van der Waals surface area contributed by atoms with Gasteiger partial charge in [0, 0.05) is 23.8 Å². The van der Waals surface area contributed by atoms with Gasteiger partial charge >= 0.3 is 0 Å². The maximum Gasteiger partial charge on any atom is 0.180 e. The Morgan fingerprint density at radius 1 is 1.33 bits per heavy atom. The summed E-state index contributed by atoms with van der Waals surface area (Å²) in [5.74, 6) is 1.11. The van der Waals surface area contributed by atoms with Gasteiger partial charge in [-0.25, -0.2) is 4.98 Å². The summed E-state index contributed by atoms with van der Waals surface area (Å²) in [4.78, 5) is 19.2. The van der Waals surface area contributed by atoms with Crippen LogP contribution >= 0.6 is 11.3 Å². The molecule has 0 atom stereocenters. The molecule has 0 N–H and O–H groups in total. The Bertz CT molecular complexity index is 603. The van der Waals surface area contributed by atoms with Crippen molar-refractivity contribution in [1.82, 2.24) is 9.55 Å². The Balaban J connectivity index is 1.75. The first-order valence-electron chi connectivity index (χ1n) is 7.92. The van der Waals surface area contributed by atoms with Crippen molar-refractivity contribution in [3.8, 4) is 0 Å². The number of thiophene rings is 1. The number of imidazole rings is 1. The Hall–Kier alpha value is -1.42. The second kappa shape index (κ2) is 6.56. The van der Waals surface area contributed by atoms with Gasteiger partial charge in [0.2, 0.25) is 0 Å². The fraction of sp³-hybridized carbons (Fsp3) is 0.529. The van der Waals surface area contributed by atoms with Crippen molar-refractivity contribution in [1.29, 1.82) is 0 Å². The van der Waals surface area contributed by atoms with Gasteiger partial charge in [0.25, 0.3) is 0 Å². The highest BCUT2D eigenvalue weighted by Crippen LogP contribution is 2.29. The number of carbonyl (C=O) groups is 1. The molecule has 0 amide bonds. The third kappa shape index (κ3) is 3.26. The molecule has 3 nitrogen and oxygen atoms in total. The second-order valence-electron chi connectivity index (χ2n) is 5.76. The van der Waals surface area contributed by atoms with Crippen LogP contribution in [-0.4, -0.2) is 15.3 Å². The number of Topliss-reactive ketones (excluding diaryl/α,β-unsaturated/α-hetero) is 1. The molecule has 21 heavy (non-hydrogen) atoms. The normalized spacial score (nSPS) is 14.7. The highest BCUT2D eigenvalue weighted by atomic mass is 32.1. The third-order valence-electron chi connectivity index (χ3n) is 4.11. The zero-order valence-electron chi connectivity index (χ0n) is 12.6. The topological polar surface area (TPSA) is 34.9 Å². The van der Waals surface area contributed by atoms with Crippen LogP contribution in [0.25, 0.3) is 0 Å². The minimum Gasteiger partial charge on any atom is -0.335 e. The molecule has 0 aromatic carbocycles. The Morgan fingerprint density at radius 3 is 3.05 bits per heavy atom. The molecule has 0 saturated carbocycles. The summed E-state index contributed by atoms with van der Waals surface area (Å²) in [6.07, 6.45) is 11.4. The lowest BCUT2D eigenvalue weighted by Gasteiger charge is -2.04. The molecule has 0 spiro atoms. The molecule has 2 heterocycles. The summed E-state index contributed by atoms with van der Waals surface area (Å²) >= 11 is 1.71. The predicted octanol–water partition coefficient (Wildman–Crippen LogP) is 4.05. The number of ketones is 1. The van der Waals surface area contributed by atoms with Crippen LogP contribution in [0.2, 0.25) is 0 Å². The van der Waals surface area contributed by atoms with E-state index < -0.39 is 0 Å². The molecule has 0 radical (unpaired) electrons. The van der Waals surface area contributed by atoms with E-state index in [9.17, 15) is 4.79 Å². The van der Waals surface area contributed by atoms with Crippen LogP contribution in [0.1, 0.15) is 58.5 Å². The monoisotopic (exact) mass is 302 g/mol. The van der Waals surface area contributed by atoms with Crippen molar-refractivity contribution >= 4 is 17.1 Å². The zero-order chi connectivity index (χ0) is 14.7. The van der Waals surface area contributed by atoms with Crippen molar-refractivity contribution in [3.63, 3.8) is 0 Å². The average Bonchev–Trinajstić information content (AvgIpc) is 3.02. The van der Waals surface area contributed by atoms with E-state index >= 15 is 0 Å². The first-order valence-corrected chi connectivity index (χ1v) is 8.74. The molecule has 112 valence electrons. The molecule has 3 rings (SSSR count). The summed E-state index contributed by atoms with van der Waals surface area (Å²) in [6, 6.07) is 2.14. The number of aryl methyl sites for hydroxylation is 3. The second-order valence-corrected chi connectivity index (χ2v) is 6.89. The van der Waals surface area contributed by atoms with E-state index in [2.05, 4.69) is 22.5 Å². The number of fused-ring (bicyclic) bond motifs is 1. The van der Waals surface area contributed by atoms with Crippen molar-refractivity contribution in [2.24, 2.45) is 0 Å². The largest absolute Gasteiger partial charge is 0.335 e. The zero-order valence-corrected chi connectivity index (χ0v) is 13.4. The summed E-state index contributed by atoms with van der Waals surface area (Å²) in [5.41, 5.74) is 1.41. The smallest absolute Gasteiger partial charge is 0.180 e. The maximum absolute atomic E-state index is 12.5. The third-order valence-corrected chi connectivity index (χ3v) is 5.38.